The third-order valence-corrected chi connectivity index (χ3v) is 13.8. The van der Waals surface area contributed by atoms with Gasteiger partial charge in [0.25, 0.3) is 17.7 Å². The van der Waals surface area contributed by atoms with Gasteiger partial charge >= 0.3 is 0 Å². The Labute approximate surface area is 387 Å². The second-order valence-electron chi connectivity index (χ2n) is 18.1. The van der Waals surface area contributed by atoms with Gasteiger partial charge in [0, 0.05) is 108 Å². The van der Waals surface area contributed by atoms with E-state index >= 15 is 0 Å². The molecule has 4 fully saturated rings. The van der Waals surface area contributed by atoms with Gasteiger partial charge in [0.1, 0.15) is 11.9 Å². The Morgan fingerprint density at radius 2 is 1.64 bits per heavy atom. The molecule has 0 saturated carbocycles. The van der Waals surface area contributed by atoms with E-state index < -0.39 is 29.7 Å². The number of carbonyl (C=O) groups is 6. The van der Waals surface area contributed by atoms with Crippen molar-refractivity contribution in [2.45, 2.75) is 89.1 Å². The summed E-state index contributed by atoms with van der Waals surface area (Å²) >= 11 is 0. The van der Waals surface area contributed by atoms with Crippen LogP contribution in [-0.4, -0.2) is 143 Å². The molecule has 1 unspecified atom stereocenters. The molecule has 7 heterocycles. The first-order chi connectivity index (χ1) is 32.2. The second kappa shape index (κ2) is 22.3. The predicted octanol–water partition coefficient (Wildman–Crippen LogP) is 4.54. The number of imide groups is 2. The van der Waals surface area contributed by atoms with Crippen molar-refractivity contribution in [2.75, 3.05) is 70.3 Å². The van der Waals surface area contributed by atoms with Gasteiger partial charge in [-0.1, -0.05) is 36.8 Å². The van der Waals surface area contributed by atoms with E-state index in [4.69, 9.17) is 4.98 Å². The predicted molar refractivity (Wildman–Crippen MR) is 250 cm³/mol. The lowest BCUT2D eigenvalue weighted by Crippen LogP contribution is -2.54. The van der Waals surface area contributed by atoms with Crippen molar-refractivity contribution < 1.29 is 28.8 Å². The summed E-state index contributed by atoms with van der Waals surface area (Å²) in [6.07, 6.45) is 18.6. The molecule has 2 aromatic heterocycles. The van der Waals surface area contributed by atoms with Crippen molar-refractivity contribution in [2.24, 2.45) is 5.92 Å². The van der Waals surface area contributed by atoms with E-state index in [-0.39, 0.29) is 35.8 Å². The average molecular weight is 896 g/mol. The number of amides is 6. The second-order valence-corrected chi connectivity index (χ2v) is 18.1. The Kier molecular flexibility index (Phi) is 15.6. The molecule has 1 aromatic carbocycles. The molecule has 4 saturated heterocycles. The lowest BCUT2D eigenvalue weighted by atomic mass is 9.91. The first-order valence-electron chi connectivity index (χ1n) is 23.9. The fraction of sp³-hybridized carbons (Fsp3) is 0.490. The molecule has 0 radical (unpaired) electrons. The minimum Gasteiger partial charge on any atom is -0.357 e. The molecule has 0 bridgehead atoms. The van der Waals surface area contributed by atoms with Crippen molar-refractivity contribution in [3.63, 3.8) is 0 Å². The average Bonchev–Trinajstić information content (AvgIpc) is 3.61. The molecule has 2 N–H and O–H groups in total. The zero-order chi connectivity index (χ0) is 45.8. The summed E-state index contributed by atoms with van der Waals surface area (Å²) in [5.41, 5.74) is 2.52. The van der Waals surface area contributed by atoms with E-state index in [1.54, 1.807) is 48.9 Å². The molecular formula is C51H61N9O6. The van der Waals surface area contributed by atoms with E-state index in [0.717, 1.165) is 133 Å². The minimum absolute atomic E-state index is 0.0631. The number of piperazine rings is 1. The van der Waals surface area contributed by atoms with Gasteiger partial charge in [-0.25, -0.2) is 4.98 Å². The third-order valence-electron chi connectivity index (χ3n) is 13.8. The molecule has 5 aliphatic rings. The maximum Gasteiger partial charge on any atom is 0.263 e. The Morgan fingerprint density at radius 3 is 2.38 bits per heavy atom. The summed E-state index contributed by atoms with van der Waals surface area (Å²) in [6.45, 7) is 9.32. The molecule has 0 aliphatic carbocycles. The van der Waals surface area contributed by atoms with Gasteiger partial charge in [-0.2, -0.15) is 0 Å². The molecule has 6 amide bonds. The molecule has 1 atom stereocenters. The molecule has 5 aliphatic heterocycles. The number of rotatable bonds is 15. The monoisotopic (exact) mass is 895 g/mol. The molecule has 8 rings (SSSR count). The zero-order valence-corrected chi connectivity index (χ0v) is 37.8. The topological polar surface area (TPSA) is 168 Å². The molecule has 15 nitrogen and oxygen atoms in total. The van der Waals surface area contributed by atoms with E-state index in [1.165, 1.54) is 0 Å². The number of aromatic nitrogens is 2. The standard InChI is InChI=1S/C51H61N9O6/c61-45(18-14-38-10-8-24-52-35-38)53-25-5-4-9-37-20-27-59(28-21-37)49(64)40-15-17-44(54-36-40)58-29-22-41(23-30-58)57-33-31-56(32-34-57)26-6-2-1-3-11-39-12-7-13-42-47(39)51(66)60(50(42)65)43-16-19-46(62)55-48(43)63/h7-8,10,12-15,17-18,24,35-37,41,43H,1-2,4-6,9,16,19-23,25-34H2,(H,53,61)(H,55,62,63)/b18-14+. The van der Waals surface area contributed by atoms with E-state index in [0.29, 0.717) is 36.1 Å². The highest BCUT2D eigenvalue weighted by atomic mass is 16.2. The Hall–Kier alpha value is -6.24. The van der Waals surface area contributed by atoms with Crippen LogP contribution < -0.4 is 15.5 Å². The van der Waals surface area contributed by atoms with Gasteiger partial charge in [-0.3, -0.25) is 48.9 Å². The highest BCUT2D eigenvalue weighted by Crippen LogP contribution is 2.30. The van der Waals surface area contributed by atoms with Crippen molar-refractivity contribution in [3.8, 4) is 11.8 Å². The maximum atomic E-state index is 13.4. The van der Waals surface area contributed by atoms with Crippen LogP contribution in [-0.2, 0) is 14.4 Å². The van der Waals surface area contributed by atoms with Crippen LogP contribution >= 0.6 is 0 Å². The van der Waals surface area contributed by atoms with Gasteiger partial charge in [-0.05, 0) is 106 Å². The van der Waals surface area contributed by atoms with Crippen molar-refractivity contribution in [3.05, 3.63) is 94.9 Å². The van der Waals surface area contributed by atoms with Crippen LogP contribution in [0.2, 0.25) is 0 Å². The molecule has 66 heavy (non-hydrogen) atoms. The Balaban J connectivity index is 0.679. The van der Waals surface area contributed by atoms with Gasteiger partial charge in [0.05, 0.1) is 16.7 Å². The van der Waals surface area contributed by atoms with Crippen LogP contribution in [0.3, 0.4) is 0 Å². The summed E-state index contributed by atoms with van der Waals surface area (Å²) in [4.78, 5) is 95.3. The normalized spacial score (nSPS) is 20.1. The summed E-state index contributed by atoms with van der Waals surface area (Å²) < 4.78 is 0. The molecule has 15 heteroatoms. The minimum atomic E-state index is -0.996. The van der Waals surface area contributed by atoms with Crippen molar-refractivity contribution in [1.82, 2.24) is 40.2 Å². The highest BCUT2D eigenvalue weighted by Gasteiger charge is 2.45. The largest absolute Gasteiger partial charge is 0.357 e. The quantitative estimate of drug-likeness (QED) is 0.0952. The van der Waals surface area contributed by atoms with Gasteiger partial charge in [0.2, 0.25) is 17.7 Å². The summed E-state index contributed by atoms with van der Waals surface area (Å²) in [5.74, 6) is 5.75. The van der Waals surface area contributed by atoms with Gasteiger partial charge in [0.15, 0.2) is 0 Å². The van der Waals surface area contributed by atoms with E-state index in [1.807, 2.05) is 29.2 Å². The number of nitrogens with zero attached hydrogens (tertiary/aromatic N) is 7. The summed E-state index contributed by atoms with van der Waals surface area (Å²) in [7, 11) is 0. The summed E-state index contributed by atoms with van der Waals surface area (Å²) in [6, 6.07) is 12.3. The lowest BCUT2D eigenvalue weighted by Gasteiger charge is -2.43. The number of hydrogen-bond donors (Lipinski definition) is 2. The zero-order valence-electron chi connectivity index (χ0n) is 37.8. The van der Waals surface area contributed by atoms with Gasteiger partial charge in [-0.15, -0.1) is 0 Å². The number of unbranched alkanes of at least 4 members (excludes halogenated alkanes) is 3. The number of nitrogens with one attached hydrogen (secondary N) is 2. The fourth-order valence-electron chi connectivity index (χ4n) is 9.92. The Bertz CT molecular complexity index is 2320. The Morgan fingerprint density at radius 1 is 0.818 bits per heavy atom. The lowest BCUT2D eigenvalue weighted by molar-refractivity contribution is -0.136. The number of carbonyl (C=O) groups excluding carboxylic acids is 6. The third kappa shape index (κ3) is 11.6. The summed E-state index contributed by atoms with van der Waals surface area (Å²) in [5, 5.41) is 5.20. The fourth-order valence-corrected chi connectivity index (χ4v) is 9.92. The molecular weight excluding hydrogens is 835 g/mol. The number of anilines is 1. The van der Waals surface area contributed by atoms with Crippen LogP contribution in [0.1, 0.15) is 119 Å². The highest BCUT2D eigenvalue weighted by molar-refractivity contribution is 6.24. The molecule has 346 valence electrons. The SMILES string of the molecule is O=C(/C=C/c1cccnc1)NCCCCC1CCN(C(=O)c2ccc(N3CCC(N4CCN(CCCCC#Cc5cccc6c5C(=O)N(C5CCC(=O)NC5=O)C6=O)CC4)CC3)nc2)CC1. The van der Waals surface area contributed by atoms with Crippen molar-refractivity contribution in [1.29, 1.82) is 0 Å². The van der Waals surface area contributed by atoms with E-state index in [9.17, 15) is 28.8 Å². The maximum absolute atomic E-state index is 13.4. The number of piperidine rings is 3. The van der Waals surface area contributed by atoms with Crippen LogP contribution in [0.4, 0.5) is 5.82 Å². The van der Waals surface area contributed by atoms with Crippen molar-refractivity contribution >= 4 is 47.3 Å². The number of hydrogen-bond acceptors (Lipinski definition) is 11. The smallest absolute Gasteiger partial charge is 0.263 e. The van der Waals surface area contributed by atoms with Crippen LogP contribution in [0.25, 0.3) is 6.08 Å². The first-order valence-corrected chi connectivity index (χ1v) is 23.9. The number of likely N-dealkylation sites (tertiary alicyclic amines) is 1. The molecule has 3 aromatic rings. The van der Waals surface area contributed by atoms with Crippen LogP contribution in [0, 0.1) is 17.8 Å². The van der Waals surface area contributed by atoms with Gasteiger partial charge < -0.3 is 20.0 Å². The number of fused-ring (bicyclic) bond motifs is 1. The van der Waals surface area contributed by atoms with Crippen LogP contribution in [0.15, 0.2) is 67.1 Å². The number of benzene rings is 1. The van der Waals surface area contributed by atoms with E-state index in [2.05, 4.69) is 42.2 Å². The first kappa shape index (κ1) is 46.3. The molecule has 0 spiro atoms. The number of pyridine rings is 2. The van der Waals surface area contributed by atoms with Crippen LogP contribution in [0.5, 0.6) is 0 Å².